The molecule has 0 aliphatic heterocycles. The third kappa shape index (κ3) is 3.64. The highest BCUT2D eigenvalue weighted by Crippen LogP contribution is 2.24. The van der Waals surface area contributed by atoms with Gasteiger partial charge in [0.05, 0.1) is 4.90 Å². The first-order valence-electron chi connectivity index (χ1n) is 6.93. The highest BCUT2D eigenvalue weighted by Gasteiger charge is 2.24. The highest BCUT2D eigenvalue weighted by molar-refractivity contribution is 7.89. The summed E-state index contributed by atoms with van der Waals surface area (Å²) in [5.74, 6) is 0.0352. The maximum atomic E-state index is 12.4. The fourth-order valence-corrected chi connectivity index (χ4v) is 3.73. The quantitative estimate of drug-likeness (QED) is 0.804. The van der Waals surface area contributed by atoms with Crippen molar-refractivity contribution >= 4 is 15.7 Å². The number of hydrogen-bond acceptors (Lipinski definition) is 4. The number of aliphatic hydroxyl groups excluding tert-OH is 1. The van der Waals surface area contributed by atoms with Crippen LogP contribution in [0.2, 0.25) is 0 Å². The Morgan fingerprint density at radius 1 is 1.33 bits per heavy atom. The number of nitrogens with one attached hydrogen (secondary N) is 1. The highest BCUT2D eigenvalue weighted by atomic mass is 32.2. The molecule has 5 nitrogen and oxygen atoms in total. The second-order valence-electron chi connectivity index (χ2n) is 5.63. The van der Waals surface area contributed by atoms with Crippen LogP contribution in [0.25, 0.3) is 0 Å². The molecule has 0 radical (unpaired) electrons. The second kappa shape index (κ2) is 6.17. The van der Waals surface area contributed by atoms with E-state index in [1.807, 2.05) is 38.1 Å². The van der Waals surface area contributed by atoms with E-state index >= 15 is 0 Å². The molecule has 6 heteroatoms. The zero-order valence-corrected chi connectivity index (χ0v) is 13.4. The minimum absolute atomic E-state index is 0.0352. The van der Waals surface area contributed by atoms with Gasteiger partial charge in [-0.1, -0.05) is 18.2 Å². The van der Waals surface area contributed by atoms with E-state index in [-0.39, 0.29) is 23.5 Å². The standard InChI is InChI=1S/C15H22N2O3S/c1-11-4-7-14(9-15(11)17(2)3)21(19,20)16-13-6-5-12(8-13)10-18/h4-7,9,12-13,16,18H,8,10H2,1-3H3/t12-,13+/m0/s1. The van der Waals surface area contributed by atoms with Gasteiger partial charge in [-0.15, -0.1) is 0 Å². The summed E-state index contributed by atoms with van der Waals surface area (Å²) in [6, 6.07) is 4.86. The lowest BCUT2D eigenvalue weighted by Crippen LogP contribution is -2.33. The molecule has 21 heavy (non-hydrogen) atoms. The minimum Gasteiger partial charge on any atom is -0.396 e. The molecule has 0 unspecified atom stereocenters. The SMILES string of the molecule is Cc1ccc(S(=O)(=O)N[C@@H]2C=C[C@H](CO)C2)cc1N(C)C. The van der Waals surface area contributed by atoms with E-state index in [2.05, 4.69) is 4.72 Å². The van der Waals surface area contributed by atoms with Crippen molar-refractivity contribution in [3.05, 3.63) is 35.9 Å². The third-order valence-corrected chi connectivity index (χ3v) is 5.17. The van der Waals surface area contributed by atoms with Gasteiger partial charge in [-0.3, -0.25) is 0 Å². The maximum Gasteiger partial charge on any atom is 0.241 e. The largest absolute Gasteiger partial charge is 0.396 e. The van der Waals surface area contributed by atoms with Crippen LogP contribution in [0.3, 0.4) is 0 Å². The van der Waals surface area contributed by atoms with E-state index in [4.69, 9.17) is 5.11 Å². The van der Waals surface area contributed by atoms with Crippen LogP contribution in [0.15, 0.2) is 35.2 Å². The Bertz CT molecular complexity index is 638. The number of aryl methyl sites for hydroxylation is 1. The summed E-state index contributed by atoms with van der Waals surface area (Å²) >= 11 is 0. The summed E-state index contributed by atoms with van der Waals surface area (Å²) in [6.07, 6.45) is 4.26. The Balaban J connectivity index is 2.21. The summed E-state index contributed by atoms with van der Waals surface area (Å²) in [4.78, 5) is 2.16. The maximum absolute atomic E-state index is 12.4. The Kier molecular flexibility index (Phi) is 4.70. The average Bonchev–Trinajstić information content (AvgIpc) is 2.85. The molecule has 116 valence electrons. The van der Waals surface area contributed by atoms with Crippen molar-refractivity contribution in [3.63, 3.8) is 0 Å². The molecule has 2 atom stereocenters. The van der Waals surface area contributed by atoms with Crippen LogP contribution in [0, 0.1) is 12.8 Å². The fourth-order valence-electron chi connectivity index (χ4n) is 2.50. The van der Waals surface area contributed by atoms with Crippen LogP contribution in [-0.4, -0.2) is 40.3 Å². The molecular weight excluding hydrogens is 288 g/mol. The molecular formula is C15H22N2O3S. The number of hydrogen-bond donors (Lipinski definition) is 2. The van der Waals surface area contributed by atoms with E-state index in [1.54, 1.807) is 18.2 Å². The third-order valence-electron chi connectivity index (χ3n) is 3.69. The molecule has 1 aromatic carbocycles. The van der Waals surface area contributed by atoms with Crippen molar-refractivity contribution in [2.45, 2.75) is 24.3 Å². The van der Waals surface area contributed by atoms with E-state index < -0.39 is 10.0 Å². The van der Waals surface area contributed by atoms with Gasteiger partial charge in [-0.25, -0.2) is 13.1 Å². The predicted molar refractivity (Wildman–Crippen MR) is 83.9 cm³/mol. The monoisotopic (exact) mass is 310 g/mol. The Morgan fingerprint density at radius 3 is 2.62 bits per heavy atom. The summed E-state index contributed by atoms with van der Waals surface area (Å²) in [6.45, 7) is 1.99. The smallest absolute Gasteiger partial charge is 0.241 e. The van der Waals surface area contributed by atoms with Gasteiger partial charge in [0.15, 0.2) is 0 Å². The number of sulfonamides is 1. The zero-order chi connectivity index (χ0) is 15.6. The van der Waals surface area contributed by atoms with Crippen molar-refractivity contribution in [1.29, 1.82) is 0 Å². The molecule has 1 aliphatic carbocycles. The normalized spacial score (nSPS) is 21.7. The molecule has 0 heterocycles. The molecule has 0 saturated carbocycles. The van der Waals surface area contributed by atoms with Crippen molar-refractivity contribution in [2.75, 3.05) is 25.6 Å². The molecule has 0 aromatic heterocycles. The summed E-state index contributed by atoms with van der Waals surface area (Å²) in [5, 5.41) is 9.09. The fraction of sp³-hybridized carbons (Fsp3) is 0.467. The van der Waals surface area contributed by atoms with E-state index in [1.165, 1.54) is 0 Å². The number of nitrogens with zero attached hydrogens (tertiary/aromatic N) is 1. The minimum atomic E-state index is -3.56. The van der Waals surface area contributed by atoms with E-state index in [9.17, 15) is 8.42 Å². The number of aliphatic hydroxyl groups is 1. The van der Waals surface area contributed by atoms with Gasteiger partial charge >= 0.3 is 0 Å². The van der Waals surface area contributed by atoms with Crippen molar-refractivity contribution in [3.8, 4) is 0 Å². The lowest BCUT2D eigenvalue weighted by Gasteiger charge is -2.18. The molecule has 0 bridgehead atoms. The molecule has 2 rings (SSSR count). The lowest BCUT2D eigenvalue weighted by atomic mass is 10.1. The van der Waals surface area contributed by atoms with Gasteiger partial charge in [-0.05, 0) is 31.0 Å². The lowest BCUT2D eigenvalue weighted by molar-refractivity contribution is 0.248. The van der Waals surface area contributed by atoms with E-state index in [0.717, 1.165) is 11.3 Å². The average molecular weight is 310 g/mol. The molecule has 0 saturated heterocycles. The molecule has 0 spiro atoms. The van der Waals surface area contributed by atoms with Gasteiger partial charge in [0.2, 0.25) is 10.0 Å². The van der Waals surface area contributed by atoms with Crippen LogP contribution >= 0.6 is 0 Å². The predicted octanol–water partition coefficient (Wildman–Crippen LogP) is 1.28. The molecule has 0 fully saturated rings. The van der Waals surface area contributed by atoms with Crippen LogP contribution in [-0.2, 0) is 10.0 Å². The zero-order valence-electron chi connectivity index (χ0n) is 12.6. The topological polar surface area (TPSA) is 69.6 Å². The van der Waals surface area contributed by atoms with Gasteiger partial charge in [0.25, 0.3) is 0 Å². The molecule has 1 aromatic rings. The van der Waals surface area contributed by atoms with Gasteiger partial charge in [-0.2, -0.15) is 0 Å². The Hall–Kier alpha value is -1.37. The summed E-state index contributed by atoms with van der Waals surface area (Å²) in [5.41, 5.74) is 1.91. The Morgan fingerprint density at radius 2 is 2.05 bits per heavy atom. The van der Waals surface area contributed by atoms with Gasteiger partial charge in [0, 0.05) is 38.3 Å². The number of benzene rings is 1. The van der Waals surface area contributed by atoms with Crippen molar-refractivity contribution < 1.29 is 13.5 Å². The summed E-state index contributed by atoms with van der Waals surface area (Å²) in [7, 11) is 0.216. The number of rotatable bonds is 5. The van der Waals surface area contributed by atoms with Gasteiger partial charge < -0.3 is 10.0 Å². The van der Waals surface area contributed by atoms with Crippen LogP contribution in [0.5, 0.6) is 0 Å². The number of anilines is 1. The van der Waals surface area contributed by atoms with Crippen LogP contribution in [0.4, 0.5) is 5.69 Å². The summed E-state index contributed by atoms with van der Waals surface area (Å²) < 4.78 is 27.6. The van der Waals surface area contributed by atoms with Gasteiger partial charge in [0.1, 0.15) is 0 Å². The molecule has 0 amide bonds. The van der Waals surface area contributed by atoms with Crippen molar-refractivity contribution in [1.82, 2.24) is 4.72 Å². The van der Waals surface area contributed by atoms with Crippen LogP contribution < -0.4 is 9.62 Å². The van der Waals surface area contributed by atoms with E-state index in [0.29, 0.717) is 6.42 Å². The molecule has 1 aliphatic rings. The Labute approximate surface area is 126 Å². The second-order valence-corrected chi connectivity index (χ2v) is 7.35. The van der Waals surface area contributed by atoms with Crippen molar-refractivity contribution in [2.24, 2.45) is 5.92 Å². The molecule has 2 N–H and O–H groups in total. The first-order valence-corrected chi connectivity index (χ1v) is 8.41. The first kappa shape index (κ1) is 16.0. The first-order chi connectivity index (χ1) is 9.83. The van der Waals surface area contributed by atoms with Crippen LogP contribution in [0.1, 0.15) is 12.0 Å².